The molecule has 0 aliphatic heterocycles. The van der Waals surface area contributed by atoms with Crippen molar-refractivity contribution in [1.82, 2.24) is 15.6 Å². The summed E-state index contributed by atoms with van der Waals surface area (Å²) in [6, 6.07) is 10.2. The predicted octanol–water partition coefficient (Wildman–Crippen LogP) is 3.12. The van der Waals surface area contributed by atoms with E-state index in [-0.39, 0.29) is 6.10 Å². The molecule has 2 rings (SSSR count). The van der Waals surface area contributed by atoms with Crippen LogP contribution in [0, 0.1) is 13.8 Å². The van der Waals surface area contributed by atoms with Crippen molar-refractivity contribution < 1.29 is 9.15 Å². The number of nitrogens with one attached hydrogen (secondary N) is 2. The number of hydrogen-bond donors (Lipinski definition) is 2. The molecule has 0 saturated carbocycles. The molecule has 0 saturated heterocycles. The second-order valence-corrected chi connectivity index (χ2v) is 5.88. The molecule has 0 aliphatic rings. The lowest BCUT2D eigenvalue weighted by molar-refractivity contribution is 0.0646. The molecule has 0 aliphatic carbocycles. The minimum Gasteiger partial charge on any atom is -0.444 e. The first-order chi connectivity index (χ1) is 12.1. The van der Waals surface area contributed by atoms with Crippen LogP contribution in [-0.2, 0) is 11.3 Å². The van der Waals surface area contributed by atoms with Crippen LogP contribution in [0.1, 0.15) is 42.4 Å². The van der Waals surface area contributed by atoms with E-state index < -0.39 is 0 Å². The van der Waals surface area contributed by atoms with E-state index in [1.54, 1.807) is 7.05 Å². The van der Waals surface area contributed by atoms with Gasteiger partial charge in [-0.2, -0.15) is 0 Å². The molecule has 0 radical (unpaired) electrons. The highest BCUT2D eigenvalue weighted by atomic mass is 16.5. The van der Waals surface area contributed by atoms with Crippen LogP contribution in [0.4, 0.5) is 0 Å². The van der Waals surface area contributed by atoms with E-state index in [2.05, 4.69) is 39.7 Å². The van der Waals surface area contributed by atoms with Gasteiger partial charge in [0, 0.05) is 20.2 Å². The predicted molar refractivity (Wildman–Crippen MR) is 99.6 cm³/mol. The van der Waals surface area contributed by atoms with Gasteiger partial charge in [-0.1, -0.05) is 30.3 Å². The maximum Gasteiger partial charge on any atom is 0.214 e. The lowest BCUT2D eigenvalue weighted by Crippen LogP contribution is -2.37. The van der Waals surface area contributed by atoms with Gasteiger partial charge >= 0.3 is 0 Å². The molecule has 1 unspecified atom stereocenters. The van der Waals surface area contributed by atoms with Gasteiger partial charge in [0.05, 0.1) is 18.3 Å². The molecule has 0 bridgehead atoms. The largest absolute Gasteiger partial charge is 0.444 e. The molecule has 25 heavy (non-hydrogen) atoms. The minimum atomic E-state index is 0.107. The average molecular weight is 344 g/mol. The Kier molecular flexibility index (Phi) is 7.47. The molecular formula is C19H28N4O2. The molecule has 1 aromatic carbocycles. The van der Waals surface area contributed by atoms with Crippen LogP contribution in [0.3, 0.4) is 0 Å². The van der Waals surface area contributed by atoms with Gasteiger partial charge in [-0.25, -0.2) is 4.98 Å². The van der Waals surface area contributed by atoms with Crippen molar-refractivity contribution in [3.63, 3.8) is 0 Å². The summed E-state index contributed by atoms with van der Waals surface area (Å²) in [4.78, 5) is 8.54. The Labute approximate surface area is 149 Å². The Balaban J connectivity index is 1.62. The minimum absolute atomic E-state index is 0.107. The van der Waals surface area contributed by atoms with Crippen LogP contribution in [0.25, 0.3) is 0 Å². The number of aromatic nitrogens is 1. The summed E-state index contributed by atoms with van der Waals surface area (Å²) in [6.45, 7) is 7.91. The second kappa shape index (κ2) is 9.84. The van der Waals surface area contributed by atoms with E-state index in [9.17, 15) is 0 Å². The maximum absolute atomic E-state index is 5.86. The third kappa shape index (κ3) is 6.23. The number of aryl methyl sites for hydroxylation is 2. The Morgan fingerprint density at radius 1 is 1.24 bits per heavy atom. The number of hydrogen-bond acceptors (Lipinski definition) is 4. The highest BCUT2D eigenvalue weighted by Crippen LogP contribution is 2.15. The molecule has 2 aromatic rings. The van der Waals surface area contributed by atoms with E-state index in [0.29, 0.717) is 19.0 Å². The highest BCUT2D eigenvalue weighted by molar-refractivity contribution is 5.79. The summed E-state index contributed by atoms with van der Waals surface area (Å²) >= 11 is 0. The third-order valence-corrected chi connectivity index (χ3v) is 3.95. The van der Waals surface area contributed by atoms with Gasteiger partial charge in [-0.15, -0.1) is 0 Å². The topological polar surface area (TPSA) is 71.7 Å². The molecule has 0 spiro atoms. The summed E-state index contributed by atoms with van der Waals surface area (Å²) in [5.74, 6) is 2.24. The van der Waals surface area contributed by atoms with Crippen molar-refractivity contribution >= 4 is 5.96 Å². The fraction of sp³-hybridized carbons (Fsp3) is 0.474. The quantitative estimate of drug-likeness (QED) is 0.437. The molecule has 1 atom stereocenters. The van der Waals surface area contributed by atoms with Crippen LogP contribution in [0.5, 0.6) is 0 Å². The van der Waals surface area contributed by atoms with E-state index in [4.69, 9.17) is 9.15 Å². The fourth-order valence-electron chi connectivity index (χ4n) is 2.35. The zero-order valence-corrected chi connectivity index (χ0v) is 15.5. The molecule has 2 N–H and O–H groups in total. The number of ether oxygens (including phenoxy) is 1. The Bertz CT molecular complexity index is 648. The monoisotopic (exact) mass is 344 g/mol. The number of oxazole rings is 1. The van der Waals surface area contributed by atoms with Crippen molar-refractivity contribution in [2.45, 2.75) is 39.8 Å². The zero-order valence-electron chi connectivity index (χ0n) is 15.5. The molecule has 136 valence electrons. The van der Waals surface area contributed by atoms with E-state index in [1.807, 2.05) is 32.0 Å². The Hall–Kier alpha value is -2.34. The van der Waals surface area contributed by atoms with Gasteiger partial charge in [-0.3, -0.25) is 4.99 Å². The molecule has 0 fully saturated rings. The summed E-state index contributed by atoms with van der Waals surface area (Å²) < 4.78 is 11.4. The van der Waals surface area contributed by atoms with Gasteiger partial charge in [0.2, 0.25) is 5.89 Å². The maximum atomic E-state index is 5.86. The number of guanidine groups is 1. The molecule has 6 heteroatoms. The van der Waals surface area contributed by atoms with E-state index in [1.165, 1.54) is 5.56 Å². The van der Waals surface area contributed by atoms with Gasteiger partial charge < -0.3 is 19.8 Å². The first kappa shape index (κ1) is 19.0. The van der Waals surface area contributed by atoms with Crippen molar-refractivity contribution in [1.29, 1.82) is 0 Å². The van der Waals surface area contributed by atoms with Crippen molar-refractivity contribution in [3.05, 3.63) is 53.2 Å². The van der Waals surface area contributed by atoms with Crippen LogP contribution < -0.4 is 10.6 Å². The number of nitrogens with zero attached hydrogens (tertiary/aromatic N) is 2. The Morgan fingerprint density at radius 2 is 2.00 bits per heavy atom. The van der Waals surface area contributed by atoms with Crippen LogP contribution in [0.2, 0.25) is 0 Å². The van der Waals surface area contributed by atoms with Crippen molar-refractivity contribution in [2.75, 3.05) is 20.2 Å². The first-order valence-electron chi connectivity index (χ1n) is 8.64. The summed E-state index contributed by atoms with van der Waals surface area (Å²) in [5.41, 5.74) is 2.12. The van der Waals surface area contributed by atoms with E-state index >= 15 is 0 Å². The Morgan fingerprint density at radius 3 is 2.64 bits per heavy atom. The lowest BCUT2D eigenvalue weighted by atomic mass is 10.1. The second-order valence-electron chi connectivity index (χ2n) is 5.88. The van der Waals surface area contributed by atoms with Gasteiger partial charge in [-0.05, 0) is 32.8 Å². The van der Waals surface area contributed by atoms with Gasteiger partial charge in [0.1, 0.15) is 5.76 Å². The SMILES string of the molecule is CN=C(NCCCOC(C)c1ccccc1)NCc1nc(C)c(C)o1. The van der Waals surface area contributed by atoms with Crippen LogP contribution in [-0.4, -0.2) is 31.1 Å². The standard InChI is InChI=1S/C19H28N4O2/c1-14-15(2)25-18(23-14)13-22-19(20-4)21-11-8-12-24-16(3)17-9-6-5-7-10-17/h5-7,9-10,16H,8,11-13H2,1-4H3,(H2,20,21,22). The number of benzene rings is 1. The van der Waals surface area contributed by atoms with Gasteiger partial charge in [0.25, 0.3) is 0 Å². The van der Waals surface area contributed by atoms with Crippen molar-refractivity contribution in [2.24, 2.45) is 4.99 Å². The van der Waals surface area contributed by atoms with Gasteiger partial charge in [0.15, 0.2) is 5.96 Å². The van der Waals surface area contributed by atoms with E-state index in [0.717, 1.165) is 30.4 Å². The molecular weight excluding hydrogens is 316 g/mol. The number of rotatable bonds is 8. The lowest BCUT2D eigenvalue weighted by Gasteiger charge is -2.14. The zero-order chi connectivity index (χ0) is 18.1. The van der Waals surface area contributed by atoms with Crippen molar-refractivity contribution in [3.8, 4) is 0 Å². The summed E-state index contributed by atoms with van der Waals surface area (Å²) in [7, 11) is 1.75. The molecule has 1 aromatic heterocycles. The normalized spacial score (nSPS) is 12.9. The number of aliphatic imine (C=N–C) groups is 1. The molecule has 0 amide bonds. The first-order valence-corrected chi connectivity index (χ1v) is 8.64. The summed E-state index contributed by atoms with van der Waals surface area (Å²) in [6.07, 6.45) is 1.00. The average Bonchev–Trinajstić information content (AvgIpc) is 2.95. The fourth-order valence-corrected chi connectivity index (χ4v) is 2.35. The molecule has 6 nitrogen and oxygen atoms in total. The summed E-state index contributed by atoms with van der Waals surface area (Å²) in [5, 5.41) is 6.46. The van der Waals surface area contributed by atoms with Crippen LogP contribution in [0.15, 0.2) is 39.7 Å². The highest BCUT2D eigenvalue weighted by Gasteiger charge is 2.07. The molecule has 1 heterocycles. The van der Waals surface area contributed by atoms with Crippen LogP contribution >= 0.6 is 0 Å². The smallest absolute Gasteiger partial charge is 0.214 e. The third-order valence-electron chi connectivity index (χ3n) is 3.95.